The maximum absolute atomic E-state index is 14.2. The summed E-state index contributed by atoms with van der Waals surface area (Å²) in [6, 6.07) is 8.87. The van der Waals surface area contributed by atoms with Crippen LogP contribution in [-0.2, 0) is 6.61 Å². The molecule has 0 saturated heterocycles. The van der Waals surface area contributed by atoms with Crippen LogP contribution in [0.15, 0.2) is 53.6 Å². The monoisotopic (exact) mass is 426 g/mol. The molecule has 0 radical (unpaired) electrons. The van der Waals surface area contributed by atoms with Crippen molar-refractivity contribution in [2.24, 2.45) is 0 Å². The topological polar surface area (TPSA) is 104 Å². The summed E-state index contributed by atoms with van der Waals surface area (Å²) in [7, 11) is 1.47. The molecular weight excluding hydrogens is 411 g/mol. The smallest absolute Gasteiger partial charge is 0.255 e. The average Bonchev–Trinajstić information content (AvgIpc) is 3.48. The summed E-state index contributed by atoms with van der Waals surface area (Å²) in [5.74, 6) is -0.253. The van der Waals surface area contributed by atoms with Gasteiger partial charge in [-0.2, -0.15) is 0 Å². The Morgan fingerprint density at radius 3 is 2.87 bits per heavy atom. The van der Waals surface area contributed by atoms with Crippen LogP contribution in [0.1, 0.15) is 16.1 Å². The van der Waals surface area contributed by atoms with Gasteiger partial charge in [-0.05, 0) is 46.8 Å². The molecule has 11 heteroatoms. The molecule has 30 heavy (non-hydrogen) atoms. The van der Waals surface area contributed by atoms with Crippen molar-refractivity contribution in [3.8, 4) is 17.2 Å². The number of nitrogens with one attached hydrogen (secondary N) is 1. The van der Waals surface area contributed by atoms with Crippen LogP contribution in [0.5, 0.6) is 11.5 Å². The fourth-order valence-electron chi connectivity index (χ4n) is 2.61. The second-order valence-electron chi connectivity index (χ2n) is 6.01. The Balaban J connectivity index is 1.51. The molecule has 4 rings (SSSR count). The molecule has 0 aliphatic carbocycles. The van der Waals surface area contributed by atoms with Gasteiger partial charge < -0.3 is 14.8 Å². The molecule has 0 aliphatic heterocycles. The zero-order valence-electron chi connectivity index (χ0n) is 15.7. The largest absolute Gasteiger partial charge is 0.493 e. The fraction of sp³-hybridized carbons (Fsp3) is 0.105. The van der Waals surface area contributed by atoms with Crippen LogP contribution in [0.3, 0.4) is 0 Å². The summed E-state index contributed by atoms with van der Waals surface area (Å²) in [5.41, 5.74) is 3.29. The van der Waals surface area contributed by atoms with Gasteiger partial charge >= 0.3 is 0 Å². The van der Waals surface area contributed by atoms with E-state index in [1.54, 1.807) is 17.6 Å². The fourth-order valence-corrected chi connectivity index (χ4v) is 3.16. The van der Waals surface area contributed by atoms with E-state index in [9.17, 15) is 9.18 Å². The molecule has 2 aromatic carbocycles. The first-order valence-electron chi connectivity index (χ1n) is 8.66. The highest BCUT2D eigenvalue weighted by Gasteiger charge is 2.14. The number of thiazole rings is 1. The molecule has 1 amide bonds. The van der Waals surface area contributed by atoms with Crippen molar-refractivity contribution >= 4 is 22.9 Å². The van der Waals surface area contributed by atoms with E-state index in [2.05, 4.69) is 25.8 Å². The van der Waals surface area contributed by atoms with E-state index in [-0.39, 0.29) is 17.9 Å². The maximum Gasteiger partial charge on any atom is 0.255 e. The first-order chi connectivity index (χ1) is 14.6. The summed E-state index contributed by atoms with van der Waals surface area (Å²) < 4.78 is 26.6. The number of carbonyl (C=O) groups excluding carboxylic acids is 1. The van der Waals surface area contributed by atoms with Crippen LogP contribution >= 0.6 is 11.3 Å². The molecule has 0 unspecified atom stereocenters. The Labute approximate surface area is 174 Å². The van der Waals surface area contributed by atoms with Gasteiger partial charge in [0.2, 0.25) is 0 Å². The first kappa shape index (κ1) is 19.5. The second-order valence-corrected chi connectivity index (χ2v) is 6.73. The number of anilines is 1. The predicted octanol–water partition coefficient (Wildman–Crippen LogP) is 3.10. The van der Waals surface area contributed by atoms with Crippen molar-refractivity contribution in [2.45, 2.75) is 6.61 Å². The minimum Gasteiger partial charge on any atom is -0.493 e. The Morgan fingerprint density at radius 2 is 2.13 bits per heavy atom. The second kappa shape index (κ2) is 8.66. The highest BCUT2D eigenvalue weighted by atomic mass is 32.1. The van der Waals surface area contributed by atoms with E-state index >= 15 is 0 Å². The quantitative estimate of drug-likeness (QED) is 0.484. The van der Waals surface area contributed by atoms with E-state index in [0.717, 1.165) is 5.69 Å². The maximum atomic E-state index is 14.2. The van der Waals surface area contributed by atoms with Gasteiger partial charge in [0.25, 0.3) is 5.91 Å². The summed E-state index contributed by atoms with van der Waals surface area (Å²) in [5, 5.41) is 15.3. The number of carbonyl (C=O) groups is 1. The number of halogens is 1. The number of benzene rings is 2. The van der Waals surface area contributed by atoms with Crippen molar-refractivity contribution in [1.82, 2.24) is 25.2 Å². The number of ether oxygens (including phenoxy) is 2. The number of aromatic nitrogens is 5. The third-order valence-corrected chi connectivity index (χ3v) is 4.73. The van der Waals surface area contributed by atoms with E-state index in [1.165, 1.54) is 53.7 Å². The molecule has 0 bridgehead atoms. The average molecular weight is 426 g/mol. The van der Waals surface area contributed by atoms with Gasteiger partial charge in [0.15, 0.2) is 11.5 Å². The zero-order valence-corrected chi connectivity index (χ0v) is 16.5. The molecule has 0 spiro atoms. The van der Waals surface area contributed by atoms with E-state index < -0.39 is 11.7 Å². The summed E-state index contributed by atoms with van der Waals surface area (Å²) in [4.78, 5) is 16.8. The van der Waals surface area contributed by atoms with Crippen LogP contribution in [-0.4, -0.2) is 38.2 Å². The van der Waals surface area contributed by atoms with Gasteiger partial charge in [0, 0.05) is 10.9 Å². The number of hydrogen-bond acceptors (Lipinski definition) is 8. The van der Waals surface area contributed by atoms with Gasteiger partial charge in [0.05, 0.1) is 29.7 Å². The predicted molar refractivity (Wildman–Crippen MR) is 107 cm³/mol. The lowest BCUT2D eigenvalue weighted by Gasteiger charge is -2.12. The van der Waals surface area contributed by atoms with Gasteiger partial charge in [-0.1, -0.05) is 0 Å². The Hall–Kier alpha value is -3.86. The standard InChI is InChI=1S/C19H15FN6O3S/c1-28-18-6-12(2-5-17(18)29-8-13-9-30-11-21-13)19(27)23-16-7-14(3-4-15(16)20)26-10-22-24-25-26/h2-7,9-11H,8H2,1H3,(H,23,27). The lowest BCUT2D eigenvalue weighted by Crippen LogP contribution is -2.14. The zero-order chi connectivity index (χ0) is 20.9. The van der Waals surface area contributed by atoms with E-state index in [0.29, 0.717) is 17.2 Å². The molecule has 9 nitrogen and oxygen atoms in total. The van der Waals surface area contributed by atoms with Crippen molar-refractivity contribution in [1.29, 1.82) is 0 Å². The van der Waals surface area contributed by atoms with E-state index in [4.69, 9.17) is 9.47 Å². The SMILES string of the molecule is COc1cc(C(=O)Nc2cc(-n3cnnn3)ccc2F)ccc1OCc1cscn1. The molecule has 1 N–H and O–H groups in total. The highest BCUT2D eigenvalue weighted by Crippen LogP contribution is 2.29. The highest BCUT2D eigenvalue weighted by molar-refractivity contribution is 7.07. The lowest BCUT2D eigenvalue weighted by molar-refractivity contribution is 0.102. The number of rotatable bonds is 7. The number of hydrogen-bond donors (Lipinski definition) is 1. The lowest BCUT2D eigenvalue weighted by atomic mass is 10.1. The molecule has 2 heterocycles. The molecule has 0 saturated carbocycles. The van der Waals surface area contributed by atoms with Crippen LogP contribution in [0.25, 0.3) is 5.69 Å². The van der Waals surface area contributed by atoms with Gasteiger partial charge in [-0.25, -0.2) is 14.1 Å². The molecule has 0 fully saturated rings. The number of methoxy groups -OCH3 is 1. The van der Waals surface area contributed by atoms with Gasteiger partial charge in [-0.15, -0.1) is 16.4 Å². The minimum atomic E-state index is -0.588. The number of nitrogens with zero attached hydrogens (tertiary/aromatic N) is 5. The van der Waals surface area contributed by atoms with Crippen molar-refractivity contribution in [3.05, 3.63) is 70.7 Å². The number of tetrazole rings is 1. The third-order valence-electron chi connectivity index (χ3n) is 4.10. The molecular formula is C19H15FN6O3S. The minimum absolute atomic E-state index is 0.00387. The number of amides is 1. The molecule has 0 atom stereocenters. The molecule has 0 aliphatic rings. The van der Waals surface area contributed by atoms with Crippen LogP contribution in [0, 0.1) is 5.82 Å². The third kappa shape index (κ3) is 4.25. The van der Waals surface area contributed by atoms with Crippen molar-refractivity contribution in [2.75, 3.05) is 12.4 Å². The van der Waals surface area contributed by atoms with E-state index in [1.807, 2.05) is 5.38 Å². The van der Waals surface area contributed by atoms with Gasteiger partial charge in [0.1, 0.15) is 18.8 Å². The molecule has 152 valence electrons. The van der Waals surface area contributed by atoms with Crippen LogP contribution < -0.4 is 14.8 Å². The van der Waals surface area contributed by atoms with Crippen molar-refractivity contribution < 1.29 is 18.7 Å². The molecule has 2 aromatic heterocycles. The summed E-state index contributed by atoms with van der Waals surface area (Å²) in [6.07, 6.45) is 1.37. The van der Waals surface area contributed by atoms with Crippen LogP contribution in [0.2, 0.25) is 0 Å². The Kier molecular flexibility index (Phi) is 5.61. The molecule has 4 aromatic rings. The van der Waals surface area contributed by atoms with Crippen molar-refractivity contribution in [3.63, 3.8) is 0 Å². The Morgan fingerprint density at radius 1 is 1.23 bits per heavy atom. The first-order valence-corrected chi connectivity index (χ1v) is 9.60. The normalized spacial score (nSPS) is 10.6. The summed E-state index contributed by atoms with van der Waals surface area (Å²) in [6.45, 7) is 0.278. The van der Waals surface area contributed by atoms with Crippen LogP contribution in [0.4, 0.5) is 10.1 Å². The van der Waals surface area contributed by atoms with Gasteiger partial charge in [-0.3, -0.25) is 4.79 Å². The Bertz CT molecular complexity index is 1150. The summed E-state index contributed by atoms with van der Waals surface area (Å²) >= 11 is 1.47.